The number of pyridine rings is 1. The van der Waals surface area contributed by atoms with Crippen molar-refractivity contribution in [3.8, 4) is 11.9 Å². The van der Waals surface area contributed by atoms with Crippen molar-refractivity contribution in [1.82, 2.24) is 9.88 Å². The van der Waals surface area contributed by atoms with Crippen molar-refractivity contribution < 1.29 is 9.53 Å². The van der Waals surface area contributed by atoms with Crippen molar-refractivity contribution in [3.05, 3.63) is 45.8 Å². The first-order chi connectivity index (χ1) is 10.2. The molecule has 0 bridgehead atoms. The second-order valence-corrected chi connectivity index (χ2v) is 5.84. The van der Waals surface area contributed by atoms with Gasteiger partial charge in [0, 0.05) is 12.3 Å². The summed E-state index contributed by atoms with van der Waals surface area (Å²) < 4.78 is 5.66. The molecule has 0 spiro atoms. The molecular weight excluding hydrogens is 286 g/mol. The Kier molecular flexibility index (Phi) is 3.59. The van der Waals surface area contributed by atoms with Gasteiger partial charge in [-0.1, -0.05) is 0 Å². The molecule has 106 valence electrons. The first kappa shape index (κ1) is 13.6. The zero-order chi connectivity index (χ0) is 14.8. The van der Waals surface area contributed by atoms with Gasteiger partial charge in [-0.05, 0) is 30.0 Å². The van der Waals surface area contributed by atoms with Crippen LogP contribution >= 0.6 is 11.3 Å². The number of likely N-dealkylation sites (tertiary alicyclic amines) is 1. The van der Waals surface area contributed by atoms with Gasteiger partial charge < -0.3 is 9.64 Å². The Morgan fingerprint density at radius 2 is 2.33 bits per heavy atom. The molecule has 1 saturated heterocycles. The van der Waals surface area contributed by atoms with Gasteiger partial charge in [0.2, 0.25) is 5.88 Å². The molecule has 5 nitrogen and oxygen atoms in total. The second-order valence-electron chi connectivity index (χ2n) is 4.93. The molecule has 0 aliphatic carbocycles. The first-order valence-corrected chi connectivity index (χ1v) is 7.41. The SMILES string of the molecule is Cc1csc(C(=O)N2CC(Oc3cc(C#N)ccn3)C2)c1. The Bertz CT molecular complexity index is 714. The third-order valence-electron chi connectivity index (χ3n) is 3.23. The summed E-state index contributed by atoms with van der Waals surface area (Å²) in [6, 6.07) is 7.18. The Labute approximate surface area is 126 Å². The van der Waals surface area contributed by atoms with Crippen molar-refractivity contribution >= 4 is 17.2 Å². The van der Waals surface area contributed by atoms with Gasteiger partial charge in [0.25, 0.3) is 5.91 Å². The zero-order valence-electron chi connectivity index (χ0n) is 11.4. The van der Waals surface area contributed by atoms with Crippen LogP contribution in [0.2, 0.25) is 0 Å². The maximum absolute atomic E-state index is 12.2. The number of hydrogen-bond donors (Lipinski definition) is 0. The van der Waals surface area contributed by atoms with E-state index in [4.69, 9.17) is 10.00 Å². The highest BCUT2D eigenvalue weighted by Crippen LogP contribution is 2.22. The topological polar surface area (TPSA) is 66.2 Å². The standard InChI is InChI=1S/C15H13N3O2S/c1-10-4-13(21-9-10)15(19)18-7-12(8-18)20-14-5-11(6-16)2-3-17-14/h2-5,9,12H,7-8H2,1H3. The van der Waals surface area contributed by atoms with Crippen molar-refractivity contribution in [1.29, 1.82) is 5.26 Å². The predicted octanol–water partition coefficient (Wildman–Crippen LogP) is 2.23. The van der Waals surface area contributed by atoms with Crippen LogP contribution in [-0.4, -0.2) is 35.0 Å². The van der Waals surface area contributed by atoms with E-state index in [9.17, 15) is 4.79 Å². The number of amides is 1. The zero-order valence-corrected chi connectivity index (χ0v) is 12.3. The largest absolute Gasteiger partial charge is 0.471 e. The van der Waals surface area contributed by atoms with Crippen LogP contribution in [0.5, 0.6) is 5.88 Å². The van der Waals surface area contributed by atoms with Gasteiger partial charge >= 0.3 is 0 Å². The summed E-state index contributed by atoms with van der Waals surface area (Å²) in [5, 5.41) is 10.8. The van der Waals surface area contributed by atoms with Crippen LogP contribution in [0, 0.1) is 18.3 Å². The lowest BCUT2D eigenvalue weighted by Crippen LogP contribution is -2.56. The average Bonchev–Trinajstić information content (AvgIpc) is 2.88. The number of aryl methyl sites for hydroxylation is 1. The quantitative estimate of drug-likeness (QED) is 0.871. The van der Waals surface area contributed by atoms with E-state index >= 15 is 0 Å². The van der Waals surface area contributed by atoms with Crippen LogP contribution < -0.4 is 4.74 Å². The summed E-state index contributed by atoms with van der Waals surface area (Å²) in [5.41, 5.74) is 1.62. The number of ether oxygens (including phenoxy) is 1. The maximum atomic E-state index is 12.2. The summed E-state index contributed by atoms with van der Waals surface area (Å²) in [6.07, 6.45) is 1.49. The van der Waals surface area contributed by atoms with Crippen molar-refractivity contribution in [2.24, 2.45) is 0 Å². The van der Waals surface area contributed by atoms with Crippen LogP contribution in [0.1, 0.15) is 20.8 Å². The molecule has 0 radical (unpaired) electrons. The lowest BCUT2D eigenvalue weighted by molar-refractivity contribution is 0.0163. The fourth-order valence-electron chi connectivity index (χ4n) is 2.09. The Balaban J connectivity index is 1.56. The Morgan fingerprint density at radius 3 is 3.00 bits per heavy atom. The van der Waals surface area contributed by atoms with Crippen molar-refractivity contribution in [3.63, 3.8) is 0 Å². The van der Waals surface area contributed by atoms with Crippen LogP contribution in [-0.2, 0) is 0 Å². The van der Waals surface area contributed by atoms with Crippen LogP contribution in [0.3, 0.4) is 0 Å². The van der Waals surface area contributed by atoms with E-state index in [2.05, 4.69) is 4.98 Å². The minimum absolute atomic E-state index is 0.0479. The highest BCUT2D eigenvalue weighted by molar-refractivity contribution is 7.12. The molecule has 1 aliphatic heterocycles. The van der Waals surface area contributed by atoms with Gasteiger partial charge in [0.05, 0.1) is 29.6 Å². The van der Waals surface area contributed by atoms with Crippen molar-refractivity contribution in [2.45, 2.75) is 13.0 Å². The molecule has 0 saturated carbocycles. The van der Waals surface area contributed by atoms with Crippen LogP contribution in [0.25, 0.3) is 0 Å². The molecule has 2 aromatic rings. The van der Waals surface area contributed by atoms with E-state index in [-0.39, 0.29) is 12.0 Å². The number of carbonyl (C=O) groups excluding carboxylic acids is 1. The summed E-state index contributed by atoms with van der Waals surface area (Å²) in [4.78, 5) is 18.7. The molecule has 0 unspecified atom stereocenters. The van der Waals surface area contributed by atoms with Gasteiger partial charge in [-0.2, -0.15) is 5.26 Å². The third kappa shape index (κ3) is 2.88. The molecule has 6 heteroatoms. The molecule has 1 amide bonds. The molecule has 2 aromatic heterocycles. The van der Waals surface area contributed by atoms with E-state index in [1.54, 1.807) is 23.2 Å². The van der Waals surface area contributed by atoms with Gasteiger partial charge in [-0.25, -0.2) is 4.98 Å². The summed E-state index contributed by atoms with van der Waals surface area (Å²) in [7, 11) is 0. The molecule has 1 fully saturated rings. The van der Waals surface area contributed by atoms with Crippen molar-refractivity contribution in [2.75, 3.05) is 13.1 Å². The summed E-state index contributed by atoms with van der Waals surface area (Å²) in [6.45, 7) is 3.08. The molecule has 1 aliphatic rings. The van der Waals surface area contributed by atoms with E-state index in [0.29, 0.717) is 24.5 Å². The minimum Gasteiger partial charge on any atom is -0.471 e. The van der Waals surface area contributed by atoms with Gasteiger partial charge in [-0.3, -0.25) is 4.79 Å². The molecule has 3 rings (SSSR count). The van der Waals surface area contributed by atoms with E-state index in [1.165, 1.54) is 11.3 Å². The second kappa shape index (κ2) is 5.54. The molecule has 0 atom stereocenters. The molecule has 0 aromatic carbocycles. The summed E-state index contributed by atoms with van der Waals surface area (Å²) in [5.74, 6) is 0.477. The van der Waals surface area contributed by atoms with Gasteiger partial charge in [-0.15, -0.1) is 11.3 Å². The number of carbonyl (C=O) groups is 1. The fraction of sp³-hybridized carbons (Fsp3) is 0.267. The third-order valence-corrected chi connectivity index (χ3v) is 4.26. The number of rotatable bonds is 3. The van der Waals surface area contributed by atoms with Crippen LogP contribution in [0.4, 0.5) is 0 Å². The maximum Gasteiger partial charge on any atom is 0.264 e. The number of nitriles is 1. The highest BCUT2D eigenvalue weighted by atomic mass is 32.1. The predicted molar refractivity (Wildman–Crippen MR) is 78.3 cm³/mol. The van der Waals surface area contributed by atoms with Gasteiger partial charge in [0.15, 0.2) is 0 Å². The lowest BCUT2D eigenvalue weighted by Gasteiger charge is -2.38. The molecule has 21 heavy (non-hydrogen) atoms. The number of thiophene rings is 1. The molecule has 3 heterocycles. The number of aromatic nitrogens is 1. The number of hydrogen-bond acceptors (Lipinski definition) is 5. The van der Waals surface area contributed by atoms with E-state index < -0.39 is 0 Å². The number of nitrogens with zero attached hydrogens (tertiary/aromatic N) is 3. The smallest absolute Gasteiger partial charge is 0.264 e. The van der Waals surface area contributed by atoms with E-state index in [1.807, 2.05) is 24.4 Å². The van der Waals surface area contributed by atoms with Crippen LogP contribution in [0.15, 0.2) is 29.8 Å². The summed E-state index contributed by atoms with van der Waals surface area (Å²) >= 11 is 1.46. The van der Waals surface area contributed by atoms with E-state index in [0.717, 1.165) is 10.4 Å². The Hall–Kier alpha value is -2.39. The Morgan fingerprint density at radius 1 is 1.52 bits per heavy atom. The molecular formula is C15H13N3O2S. The van der Waals surface area contributed by atoms with Gasteiger partial charge in [0.1, 0.15) is 6.10 Å². The average molecular weight is 299 g/mol. The monoisotopic (exact) mass is 299 g/mol. The first-order valence-electron chi connectivity index (χ1n) is 6.53. The normalized spacial score (nSPS) is 14.4. The minimum atomic E-state index is -0.0588. The molecule has 0 N–H and O–H groups in total. The highest BCUT2D eigenvalue weighted by Gasteiger charge is 2.33. The fourth-order valence-corrected chi connectivity index (χ4v) is 2.96. The lowest BCUT2D eigenvalue weighted by atomic mass is 10.1.